The normalized spacial score (nSPS) is 10.0. The third-order valence-electron chi connectivity index (χ3n) is 0.918. The first-order valence-corrected chi connectivity index (χ1v) is 3.22. The minimum Gasteiger partial charge on any atom is -0.244 e. The molecule has 0 aliphatic rings. The van der Waals surface area contributed by atoms with Crippen LogP contribution in [0.3, 0.4) is 0 Å². The molecule has 0 atom stereocenters. The largest absolute Gasteiger partial charge is 0.244 e. The summed E-state index contributed by atoms with van der Waals surface area (Å²) in [7, 11) is 0. The van der Waals surface area contributed by atoms with Gasteiger partial charge in [-0.3, -0.25) is 0 Å². The summed E-state index contributed by atoms with van der Waals surface area (Å²) >= 11 is 1.20. The zero-order valence-electron chi connectivity index (χ0n) is 4.68. The molecule has 0 bridgehead atoms. The molecule has 2 rings (SSSR count). The van der Waals surface area contributed by atoms with Crippen molar-refractivity contribution in [2.45, 2.75) is 0 Å². The molecule has 0 saturated heterocycles. The Labute approximate surface area is 59.8 Å². The third kappa shape index (κ3) is 0.781. The van der Waals surface area contributed by atoms with Crippen molar-refractivity contribution in [3.8, 4) is 10.6 Å². The number of rotatable bonds is 1. The summed E-state index contributed by atoms with van der Waals surface area (Å²) in [5.41, 5.74) is 0.620. The lowest BCUT2D eigenvalue weighted by Crippen LogP contribution is -1.67. The second kappa shape index (κ2) is 2.14. The Bertz CT molecular complexity index is 257. The standard InChI is InChI=1S/C4HN4OS/c1-3(7-9-6-1)4-2-5-8-10-4/h1H. The zero-order chi connectivity index (χ0) is 6.81. The molecule has 10 heavy (non-hydrogen) atoms. The van der Waals surface area contributed by atoms with Gasteiger partial charge in [0, 0.05) is 0 Å². The van der Waals surface area contributed by atoms with Gasteiger partial charge in [0.1, 0.15) is 23.0 Å². The average molecular weight is 153 g/mol. The first kappa shape index (κ1) is 5.48. The van der Waals surface area contributed by atoms with Crippen LogP contribution in [-0.4, -0.2) is 19.9 Å². The minimum atomic E-state index is 0.620. The van der Waals surface area contributed by atoms with Crippen LogP contribution in [-0.2, 0) is 0 Å². The molecular formula is C4HN4OS. The first-order chi connectivity index (χ1) is 4.97. The quantitative estimate of drug-likeness (QED) is 0.592. The predicted molar refractivity (Wildman–Crippen MR) is 32.0 cm³/mol. The molecule has 0 amide bonds. The van der Waals surface area contributed by atoms with E-state index in [4.69, 9.17) is 0 Å². The van der Waals surface area contributed by atoms with Gasteiger partial charge in [0.05, 0.1) is 0 Å². The van der Waals surface area contributed by atoms with Crippen molar-refractivity contribution in [2.24, 2.45) is 0 Å². The van der Waals surface area contributed by atoms with Crippen LogP contribution in [0.25, 0.3) is 10.6 Å². The SMILES string of the molecule is [c]1nnsc1-c1cnon1. The van der Waals surface area contributed by atoms with Crippen LogP contribution < -0.4 is 0 Å². The number of hydrogen-bond donors (Lipinski definition) is 0. The highest BCUT2D eigenvalue weighted by molar-refractivity contribution is 7.09. The van der Waals surface area contributed by atoms with Gasteiger partial charge in [-0.2, -0.15) is 0 Å². The summed E-state index contributed by atoms with van der Waals surface area (Å²) in [5.74, 6) is 0. The number of nitrogens with zero attached hydrogens (tertiary/aromatic N) is 4. The molecule has 0 unspecified atom stereocenters. The van der Waals surface area contributed by atoms with Crippen LogP contribution in [0.5, 0.6) is 0 Å². The Morgan fingerprint density at radius 3 is 3.20 bits per heavy atom. The molecule has 5 nitrogen and oxygen atoms in total. The van der Waals surface area contributed by atoms with Crippen molar-refractivity contribution in [1.29, 1.82) is 0 Å². The summed E-state index contributed by atoms with van der Waals surface area (Å²) in [4.78, 5) is 0.737. The molecule has 0 fully saturated rings. The molecule has 0 spiro atoms. The molecule has 2 aromatic heterocycles. The summed E-state index contributed by atoms with van der Waals surface area (Å²) in [6, 6.07) is 0. The van der Waals surface area contributed by atoms with Gasteiger partial charge in [0.25, 0.3) is 0 Å². The monoisotopic (exact) mass is 153 g/mol. The van der Waals surface area contributed by atoms with E-state index in [0.29, 0.717) is 5.69 Å². The van der Waals surface area contributed by atoms with Gasteiger partial charge >= 0.3 is 0 Å². The van der Waals surface area contributed by atoms with Crippen LogP contribution in [0.15, 0.2) is 10.8 Å². The molecule has 0 aromatic carbocycles. The Morgan fingerprint density at radius 1 is 1.60 bits per heavy atom. The van der Waals surface area contributed by atoms with Crippen molar-refractivity contribution in [2.75, 3.05) is 0 Å². The van der Waals surface area contributed by atoms with Crippen molar-refractivity contribution in [1.82, 2.24) is 19.9 Å². The van der Waals surface area contributed by atoms with E-state index in [9.17, 15) is 0 Å². The highest BCUT2D eigenvalue weighted by Crippen LogP contribution is 2.16. The summed E-state index contributed by atoms with van der Waals surface area (Å²) in [6.07, 6.45) is 4.13. The molecule has 49 valence electrons. The van der Waals surface area contributed by atoms with Gasteiger partial charge in [-0.25, -0.2) is 4.63 Å². The van der Waals surface area contributed by atoms with Crippen LogP contribution >= 0.6 is 11.5 Å². The van der Waals surface area contributed by atoms with Gasteiger partial charge in [-0.05, 0) is 16.7 Å². The van der Waals surface area contributed by atoms with Crippen molar-refractivity contribution >= 4 is 11.5 Å². The lowest BCUT2D eigenvalue weighted by atomic mass is 10.4. The van der Waals surface area contributed by atoms with Crippen LogP contribution in [0.1, 0.15) is 0 Å². The van der Waals surface area contributed by atoms with Gasteiger partial charge in [0.2, 0.25) is 0 Å². The van der Waals surface area contributed by atoms with Gasteiger partial charge in [-0.1, -0.05) is 9.64 Å². The van der Waals surface area contributed by atoms with E-state index >= 15 is 0 Å². The first-order valence-electron chi connectivity index (χ1n) is 2.45. The number of aromatic nitrogens is 4. The lowest BCUT2D eigenvalue weighted by molar-refractivity contribution is 0.308. The van der Waals surface area contributed by atoms with E-state index in [2.05, 4.69) is 30.7 Å². The topological polar surface area (TPSA) is 64.7 Å². The van der Waals surface area contributed by atoms with Crippen LogP contribution in [0.2, 0.25) is 0 Å². The number of hydrogen-bond acceptors (Lipinski definition) is 6. The molecule has 0 aliphatic carbocycles. The Hall–Kier alpha value is -1.30. The minimum absolute atomic E-state index is 0.620. The van der Waals surface area contributed by atoms with E-state index < -0.39 is 0 Å². The third-order valence-corrected chi connectivity index (χ3v) is 1.56. The molecule has 0 aliphatic heterocycles. The smallest absolute Gasteiger partial charge is 0.148 e. The molecule has 0 saturated carbocycles. The van der Waals surface area contributed by atoms with E-state index in [1.165, 1.54) is 17.7 Å². The maximum atomic E-state index is 4.37. The fraction of sp³-hybridized carbons (Fsp3) is 0. The van der Waals surface area contributed by atoms with Crippen molar-refractivity contribution in [3.63, 3.8) is 0 Å². The maximum absolute atomic E-state index is 4.37. The summed E-state index contributed by atoms with van der Waals surface area (Å²) in [5, 5.41) is 10.5. The zero-order valence-corrected chi connectivity index (χ0v) is 5.50. The van der Waals surface area contributed by atoms with E-state index in [0.717, 1.165) is 4.88 Å². The second-order valence-electron chi connectivity index (χ2n) is 1.51. The molecule has 6 heteroatoms. The lowest BCUT2D eigenvalue weighted by Gasteiger charge is -1.75. The van der Waals surface area contributed by atoms with Gasteiger partial charge in [0.15, 0.2) is 0 Å². The average Bonchev–Trinajstić information content (AvgIpc) is 2.59. The molecule has 0 N–H and O–H groups in total. The van der Waals surface area contributed by atoms with E-state index in [-0.39, 0.29) is 0 Å². The Morgan fingerprint density at radius 2 is 2.60 bits per heavy atom. The van der Waals surface area contributed by atoms with Crippen molar-refractivity contribution in [3.05, 3.63) is 12.4 Å². The van der Waals surface area contributed by atoms with Crippen LogP contribution in [0, 0.1) is 6.20 Å². The van der Waals surface area contributed by atoms with E-state index in [1.807, 2.05) is 0 Å². The maximum Gasteiger partial charge on any atom is 0.148 e. The second-order valence-corrected chi connectivity index (χ2v) is 2.26. The summed E-state index contributed by atoms with van der Waals surface area (Å²) < 4.78 is 7.97. The highest BCUT2D eigenvalue weighted by Gasteiger charge is 2.03. The van der Waals surface area contributed by atoms with E-state index in [1.54, 1.807) is 0 Å². The van der Waals surface area contributed by atoms with Crippen LogP contribution in [0.4, 0.5) is 0 Å². The summed E-state index contributed by atoms with van der Waals surface area (Å²) in [6.45, 7) is 0. The molecular weight excluding hydrogens is 152 g/mol. The molecule has 1 radical (unpaired) electrons. The molecule has 2 aromatic rings. The van der Waals surface area contributed by atoms with Crippen molar-refractivity contribution < 1.29 is 4.63 Å². The molecule has 2 heterocycles. The highest BCUT2D eigenvalue weighted by atomic mass is 32.1. The Balaban J connectivity index is 2.48. The fourth-order valence-corrected chi connectivity index (χ4v) is 0.945. The Kier molecular flexibility index (Phi) is 1.17. The van der Waals surface area contributed by atoms with Gasteiger partial charge in [-0.15, -0.1) is 5.10 Å². The van der Waals surface area contributed by atoms with Gasteiger partial charge < -0.3 is 0 Å². The fourth-order valence-electron chi connectivity index (χ4n) is 0.516. The predicted octanol–water partition coefficient (Wildman–Crippen LogP) is 0.388.